The van der Waals surface area contributed by atoms with Gasteiger partial charge < -0.3 is 49.7 Å². The molecule has 0 spiro atoms. The van der Waals surface area contributed by atoms with Crippen molar-refractivity contribution in [3.05, 3.63) is 24.3 Å². The molecule has 6 atom stereocenters. The third kappa shape index (κ3) is 65.9. The molecule has 0 aliphatic heterocycles. The summed E-state index contributed by atoms with van der Waals surface area (Å²) in [6.45, 7) is 21.8. The van der Waals surface area contributed by atoms with Crippen LogP contribution < -0.4 is 21.3 Å². The molecule has 1 rings (SSSR count). The van der Waals surface area contributed by atoms with Gasteiger partial charge in [0.15, 0.2) is 0 Å². The molecule has 0 bridgehead atoms. The van der Waals surface area contributed by atoms with Gasteiger partial charge >= 0.3 is 36.3 Å². The van der Waals surface area contributed by atoms with Gasteiger partial charge in [-0.15, -0.1) is 0 Å². The highest BCUT2D eigenvalue weighted by atomic mass is 16.6. The van der Waals surface area contributed by atoms with Gasteiger partial charge in [0.1, 0.15) is 13.2 Å². The van der Waals surface area contributed by atoms with Crippen molar-refractivity contribution in [3.8, 4) is 0 Å². The first-order valence-electron chi connectivity index (χ1n) is 47.1. The van der Waals surface area contributed by atoms with E-state index >= 15 is 0 Å². The van der Waals surface area contributed by atoms with Gasteiger partial charge in [-0.05, 0) is 76.0 Å². The molecule has 1 aliphatic carbocycles. The number of esters is 2. The summed E-state index contributed by atoms with van der Waals surface area (Å²) in [4.78, 5) is 73.5. The minimum atomic E-state index is -0.470. The highest BCUT2D eigenvalue weighted by Gasteiger charge is 2.29. The molecule has 1 aliphatic rings. The Balaban J connectivity index is 2.60. The minimum absolute atomic E-state index is 0.0969. The van der Waals surface area contributed by atoms with Gasteiger partial charge in [-0.1, -0.05) is 413 Å². The van der Waals surface area contributed by atoms with Gasteiger partial charge in [0, 0.05) is 11.1 Å². The summed E-state index contributed by atoms with van der Waals surface area (Å²) < 4.78 is 32.2. The molecular weight excluding hydrogens is 1380 g/mol. The SMILES string of the molecule is C=C(C)C(=O)OCCNC(=O)OCCCCCCCCC(CCCCCCCCC)C(CCCCCCCCC)CCCCCCCCOC(=O)NC1CCCCC1NC(=O)OCCCCCCCCC(CCCCCCCCC)C(CCCCCCCCC)CCCCCCCCOC(=O)NCCOC(=O)C(=C)C. The second-order valence-electron chi connectivity index (χ2n) is 33.3. The number of hydrogen-bond acceptors (Lipinski definition) is 12. The van der Waals surface area contributed by atoms with Gasteiger partial charge in [0.25, 0.3) is 0 Å². The standard InChI is InChI=1S/C94H176N4O12/c1-9-13-17-21-25-37-49-63-83(67-53-41-29-33-45-59-75-107-91(101)95-73-79-105-89(99)81(5)6)85(65-51-39-27-23-19-15-11-3)69-55-43-31-35-47-61-77-109-93(103)97-87-71-57-58-72-88(87)98-94(104)110-78-62-48-36-32-44-56-70-86(66-52-40-28-24-20-16-12-4)84(64-50-38-26-22-18-14-10-2)68-54-42-30-34-46-60-76-108-92(102)96-74-80-106-90(100)82(7)8/h83-88H,5,7,9-80H2,1-4,6,8H3,(H,95,101)(H,96,102)(H,97,103)(H,98,104). The third-order valence-electron chi connectivity index (χ3n) is 23.1. The smallest absolute Gasteiger partial charge is 0.407 e. The van der Waals surface area contributed by atoms with E-state index in [1.54, 1.807) is 13.8 Å². The summed E-state index contributed by atoms with van der Waals surface area (Å²) >= 11 is 0. The summed E-state index contributed by atoms with van der Waals surface area (Å²) in [7, 11) is 0. The number of carbonyl (C=O) groups excluding carboxylic acids is 6. The molecule has 0 radical (unpaired) electrons. The van der Waals surface area contributed by atoms with Crippen LogP contribution in [0.2, 0.25) is 0 Å². The fourth-order valence-electron chi connectivity index (χ4n) is 16.2. The van der Waals surface area contributed by atoms with Crippen LogP contribution in [0.15, 0.2) is 24.3 Å². The van der Waals surface area contributed by atoms with Crippen molar-refractivity contribution in [1.82, 2.24) is 21.3 Å². The van der Waals surface area contributed by atoms with Crippen LogP contribution in [0, 0.1) is 23.7 Å². The maximum atomic E-state index is 13.1. The third-order valence-corrected chi connectivity index (χ3v) is 23.1. The van der Waals surface area contributed by atoms with Crippen LogP contribution >= 0.6 is 0 Å². The molecule has 4 amide bonds. The Hall–Kier alpha value is -4.50. The lowest BCUT2D eigenvalue weighted by Gasteiger charge is -2.32. The Morgan fingerprint density at radius 2 is 0.455 bits per heavy atom. The van der Waals surface area contributed by atoms with Gasteiger partial charge in [-0.25, -0.2) is 28.8 Å². The highest BCUT2D eigenvalue weighted by Crippen LogP contribution is 2.36. The Kier molecular flexibility index (Phi) is 73.8. The van der Waals surface area contributed by atoms with E-state index in [2.05, 4.69) is 62.1 Å². The average molecular weight is 1550 g/mol. The lowest BCUT2D eigenvalue weighted by molar-refractivity contribution is -0.139. The largest absolute Gasteiger partial charge is 0.460 e. The van der Waals surface area contributed by atoms with Crippen LogP contribution in [0.25, 0.3) is 0 Å². The van der Waals surface area contributed by atoms with E-state index in [1.807, 2.05) is 0 Å². The van der Waals surface area contributed by atoms with E-state index in [0.717, 1.165) is 126 Å². The van der Waals surface area contributed by atoms with Crippen molar-refractivity contribution >= 4 is 36.3 Å². The van der Waals surface area contributed by atoms with Crippen molar-refractivity contribution in [1.29, 1.82) is 0 Å². The Labute approximate surface area is 676 Å². The maximum Gasteiger partial charge on any atom is 0.407 e. The molecular formula is C94H176N4O12. The van der Waals surface area contributed by atoms with E-state index in [1.165, 1.54) is 308 Å². The lowest BCUT2D eigenvalue weighted by Crippen LogP contribution is -2.53. The van der Waals surface area contributed by atoms with Crippen LogP contribution in [0.3, 0.4) is 0 Å². The monoisotopic (exact) mass is 1550 g/mol. The second-order valence-corrected chi connectivity index (χ2v) is 33.3. The molecule has 0 saturated heterocycles. The molecule has 6 unspecified atom stereocenters. The topological polar surface area (TPSA) is 206 Å². The van der Waals surface area contributed by atoms with E-state index in [0.29, 0.717) is 37.6 Å². The summed E-state index contributed by atoms with van der Waals surface area (Å²) in [5.74, 6) is 2.35. The van der Waals surface area contributed by atoms with Crippen molar-refractivity contribution in [2.24, 2.45) is 23.7 Å². The van der Waals surface area contributed by atoms with Crippen molar-refractivity contribution in [2.75, 3.05) is 52.7 Å². The highest BCUT2D eigenvalue weighted by molar-refractivity contribution is 5.87. The van der Waals surface area contributed by atoms with E-state index in [4.69, 9.17) is 28.4 Å². The van der Waals surface area contributed by atoms with Crippen molar-refractivity contribution in [2.45, 2.75) is 465 Å². The zero-order valence-corrected chi connectivity index (χ0v) is 72.7. The van der Waals surface area contributed by atoms with Gasteiger partial charge in [-0.3, -0.25) is 0 Å². The van der Waals surface area contributed by atoms with Crippen molar-refractivity contribution in [3.63, 3.8) is 0 Å². The molecule has 644 valence electrons. The van der Waals surface area contributed by atoms with Crippen LogP contribution in [0.1, 0.15) is 452 Å². The van der Waals surface area contributed by atoms with E-state index in [-0.39, 0.29) is 50.6 Å². The van der Waals surface area contributed by atoms with Gasteiger partial charge in [0.05, 0.1) is 51.6 Å². The predicted molar refractivity (Wildman–Crippen MR) is 459 cm³/mol. The molecule has 0 aromatic rings. The lowest BCUT2D eigenvalue weighted by atomic mass is 9.78. The molecule has 1 fully saturated rings. The fourth-order valence-corrected chi connectivity index (χ4v) is 16.2. The molecule has 1 saturated carbocycles. The molecule has 110 heavy (non-hydrogen) atoms. The summed E-state index contributed by atoms with van der Waals surface area (Å²) in [5, 5.41) is 11.5. The number of ether oxygens (including phenoxy) is 6. The summed E-state index contributed by atoms with van der Waals surface area (Å²) in [6, 6.07) is -0.326. The van der Waals surface area contributed by atoms with E-state index < -0.39 is 24.1 Å². The summed E-state index contributed by atoms with van der Waals surface area (Å²) in [6.07, 6.45) is 78.6. The molecule has 4 N–H and O–H groups in total. The number of carbonyl (C=O) groups is 6. The number of unbranched alkanes of at least 4 members (excludes halogenated alkanes) is 44. The summed E-state index contributed by atoms with van der Waals surface area (Å²) in [5.41, 5.74) is 0.674. The van der Waals surface area contributed by atoms with Gasteiger partial charge in [0.2, 0.25) is 0 Å². The number of amides is 4. The Morgan fingerprint density at radius 3 is 0.664 bits per heavy atom. The second kappa shape index (κ2) is 78.4. The average Bonchev–Trinajstić information content (AvgIpc) is 0.874. The number of nitrogens with one attached hydrogen (secondary N) is 4. The molecule has 16 heteroatoms. The fraction of sp³-hybridized carbons (Fsp3) is 0.894. The van der Waals surface area contributed by atoms with Crippen LogP contribution in [0.4, 0.5) is 19.2 Å². The molecule has 0 aromatic heterocycles. The minimum Gasteiger partial charge on any atom is -0.460 e. The Bertz CT molecular complexity index is 2030. The van der Waals surface area contributed by atoms with E-state index in [9.17, 15) is 28.8 Å². The van der Waals surface area contributed by atoms with Crippen LogP contribution in [0.5, 0.6) is 0 Å². The number of rotatable bonds is 80. The first-order chi connectivity index (χ1) is 53.8. The van der Waals surface area contributed by atoms with Crippen LogP contribution in [-0.2, 0) is 38.0 Å². The molecule has 0 heterocycles. The first kappa shape index (κ1) is 104. The van der Waals surface area contributed by atoms with Crippen LogP contribution in [-0.4, -0.2) is 101 Å². The quantitative estimate of drug-likeness (QED) is 0.0194. The molecule has 16 nitrogen and oxygen atoms in total. The first-order valence-corrected chi connectivity index (χ1v) is 47.1. The maximum absolute atomic E-state index is 13.1. The molecule has 0 aromatic carbocycles. The van der Waals surface area contributed by atoms with Gasteiger partial charge in [-0.2, -0.15) is 0 Å². The zero-order valence-electron chi connectivity index (χ0n) is 72.7. The number of hydrogen-bond donors (Lipinski definition) is 4. The normalized spacial score (nSPS) is 14.6. The number of alkyl carbamates (subject to hydrolysis) is 4. The van der Waals surface area contributed by atoms with Crippen molar-refractivity contribution < 1.29 is 57.2 Å². The zero-order chi connectivity index (χ0) is 80.1. The predicted octanol–water partition coefficient (Wildman–Crippen LogP) is 27.4. The Morgan fingerprint density at radius 1 is 0.264 bits per heavy atom.